The van der Waals surface area contributed by atoms with Gasteiger partial charge >= 0.3 is 0 Å². The van der Waals surface area contributed by atoms with Crippen LogP contribution >= 0.6 is 0 Å². The third kappa shape index (κ3) is 2.26. The van der Waals surface area contributed by atoms with E-state index in [-0.39, 0.29) is 0 Å². The highest BCUT2D eigenvalue weighted by Gasteiger charge is 1.99. The minimum Gasteiger partial charge on any atom is -0.494 e. The van der Waals surface area contributed by atoms with Gasteiger partial charge in [0.05, 0.1) is 6.61 Å². The van der Waals surface area contributed by atoms with E-state index in [4.69, 9.17) is 4.74 Å². The molecule has 1 aromatic rings. The van der Waals surface area contributed by atoms with E-state index >= 15 is 0 Å². The monoisotopic (exact) mass is 164 g/mol. The molecule has 0 amide bonds. The molecule has 0 heterocycles. The third-order valence-electron chi connectivity index (χ3n) is 1.84. The summed E-state index contributed by atoms with van der Waals surface area (Å²) in [6, 6.07) is 8.27. The van der Waals surface area contributed by atoms with Gasteiger partial charge in [-0.05, 0) is 30.5 Å². The van der Waals surface area contributed by atoms with Gasteiger partial charge in [-0.3, -0.25) is 0 Å². The Morgan fingerprint density at radius 1 is 1.33 bits per heavy atom. The second-order valence-electron chi connectivity index (χ2n) is 3.16. The van der Waals surface area contributed by atoms with Crippen LogP contribution in [-0.4, -0.2) is 6.61 Å². The number of hydrogen-bond donors (Lipinski definition) is 0. The van der Waals surface area contributed by atoms with Gasteiger partial charge in [-0.1, -0.05) is 26.0 Å². The van der Waals surface area contributed by atoms with Crippen LogP contribution in [0.1, 0.15) is 32.3 Å². The van der Waals surface area contributed by atoms with Gasteiger partial charge in [0.1, 0.15) is 5.75 Å². The Balaban J connectivity index is 2.81. The lowest BCUT2D eigenvalue weighted by Gasteiger charge is -2.07. The van der Waals surface area contributed by atoms with Crippen LogP contribution in [0, 0.1) is 0 Å². The summed E-state index contributed by atoms with van der Waals surface area (Å²) in [4.78, 5) is 0. The quantitative estimate of drug-likeness (QED) is 0.666. The molecule has 0 saturated heterocycles. The highest BCUT2D eigenvalue weighted by molar-refractivity contribution is 5.30. The highest BCUT2D eigenvalue weighted by atomic mass is 16.5. The Morgan fingerprint density at radius 2 is 2.08 bits per heavy atom. The van der Waals surface area contributed by atoms with Gasteiger partial charge in [0.2, 0.25) is 0 Å². The number of ether oxygens (including phenoxy) is 1. The maximum atomic E-state index is 5.40. The molecule has 0 aliphatic carbocycles. The van der Waals surface area contributed by atoms with Gasteiger partial charge in [0, 0.05) is 0 Å². The number of hydrogen-bond acceptors (Lipinski definition) is 1. The molecule has 0 spiro atoms. The van der Waals surface area contributed by atoms with Crippen molar-refractivity contribution in [2.45, 2.75) is 26.7 Å². The molecular formula is C11H16O. The van der Waals surface area contributed by atoms with E-state index in [9.17, 15) is 0 Å². The van der Waals surface area contributed by atoms with Crippen molar-refractivity contribution in [3.8, 4) is 5.75 Å². The molecule has 66 valence electrons. The maximum Gasteiger partial charge on any atom is 0.119 e. The summed E-state index contributed by atoms with van der Waals surface area (Å²) in [5, 5.41) is 0. The van der Waals surface area contributed by atoms with E-state index in [1.807, 2.05) is 19.1 Å². The molecule has 0 bridgehead atoms. The van der Waals surface area contributed by atoms with Crippen LogP contribution in [0.5, 0.6) is 5.75 Å². The van der Waals surface area contributed by atoms with Crippen molar-refractivity contribution >= 4 is 0 Å². The molecular weight excluding hydrogens is 148 g/mol. The number of rotatable bonds is 3. The second-order valence-corrected chi connectivity index (χ2v) is 3.16. The standard InChI is InChI=1S/C11H16O/c1-4-12-11-7-5-6-10(8-11)9(2)3/h5-9H,4H2,1-3H3. The summed E-state index contributed by atoms with van der Waals surface area (Å²) in [6.07, 6.45) is 0. The van der Waals surface area contributed by atoms with Gasteiger partial charge < -0.3 is 4.74 Å². The SMILES string of the molecule is CCOc1cccc(C(C)C)c1. The van der Waals surface area contributed by atoms with Gasteiger partial charge in [-0.15, -0.1) is 0 Å². The average Bonchev–Trinajstić information content (AvgIpc) is 2.05. The fourth-order valence-corrected chi connectivity index (χ4v) is 1.13. The second kappa shape index (κ2) is 4.15. The predicted molar refractivity (Wildman–Crippen MR) is 51.7 cm³/mol. The fraction of sp³-hybridized carbons (Fsp3) is 0.455. The normalized spacial score (nSPS) is 10.3. The van der Waals surface area contributed by atoms with Gasteiger partial charge in [-0.2, -0.15) is 0 Å². The summed E-state index contributed by atoms with van der Waals surface area (Å²) in [5.41, 5.74) is 1.33. The lowest BCUT2D eigenvalue weighted by molar-refractivity contribution is 0.340. The molecule has 1 aromatic carbocycles. The molecule has 0 fully saturated rings. The van der Waals surface area contributed by atoms with Crippen molar-refractivity contribution in [2.75, 3.05) is 6.61 Å². The van der Waals surface area contributed by atoms with Crippen LogP contribution in [0.2, 0.25) is 0 Å². The van der Waals surface area contributed by atoms with Crippen molar-refractivity contribution in [3.05, 3.63) is 29.8 Å². The highest BCUT2D eigenvalue weighted by Crippen LogP contribution is 2.19. The molecule has 0 radical (unpaired) electrons. The first-order chi connectivity index (χ1) is 5.74. The van der Waals surface area contributed by atoms with Crippen molar-refractivity contribution in [2.24, 2.45) is 0 Å². The summed E-state index contributed by atoms with van der Waals surface area (Å²) in [5.74, 6) is 1.55. The van der Waals surface area contributed by atoms with Gasteiger partial charge in [0.15, 0.2) is 0 Å². The molecule has 1 nitrogen and oxygen atoms in total. The fourth-order valence-electron chi connectivity index (χ4n) is 1.13. The lowest BCUT2D eigenvalue weighted by Crippen LogP contribution is -1.93. The Labute approximate surface area is 74.4 Å². The zero-order valence-electron chi connectivity index (χ0n) is 8.00. The van der Waals surface area contributed by atoms with E-state index in [0.717, 1.165) is 12.4 Å². The molecule has 0 aliphatic rings. The summed E-state index contributed by atoms with van der Waals surface area (Å²) in [6.45, 7) is 7.11. The lowest BCUT2D eigenvalue weighted by atomic mass is 10.0. The third-order valence-corrected chi connectivity index (χ3v) is 1.84. The molecule has 0 aliphatic heterocycles. The minimum atomic E-state index is 0.574. The zero-order chi connectivity index (χ0) is 8.97. The summed E-state index contributed by atoms with van der Waals surface area (Å²) >= 11 is 0. The van der Waals surface area contributed by atoms with Crippen LogP contribution in [0.25, 0.3) is 0 Å². The van der Waals surface area contributed by atoms with E-state index in [0.29, 0.717) is 5.92 Å². The molecule has 1 heteroatoms. The summed E-state index contributed by atoms with van der Waals surface area (Å²) in [7, 11) is 0. The molecule has 0 N–H and O–H groups in total. The molecule has 0 atom stereocenters. The maximum absolute atomic E-state index is 5.40. The van der Waals surface area contributed by atoms with Gasteiger partial charge in [0.25, 0.3) is 0 Å². The largest absolute Gasteiger partial charge is 0.494 e. The van der Waals surface area contributed by atoms with Crippen LogP contribution in [0.3, 0.4) is 0 Å². The van der Waals surface area contributed by atoms with E-state index in [1.54, 1.807) is 0 Å². The Morgan fingerprint density at radius 3 is 2.67 bits per heavy atom. The van der Waals surface area contributed by atoms with E-state index in [1.165, 1.54) is 5.56 Å². The van der Waals surface area contributed by atoms with Crippen LogP contribution in [0.15, 0.2) is 24.3 Å². The smallest absolute Gasteiger partial charge is 0.119 e. The van der Waals surface area contributed by atoms with E-state index < -0.39 is 0 Å². The first-order valence-electron chi connectivity index (χ1n) is 4.46. The first-order valence-corrected chi connectivity index (χ1v) is 4.46. The van der Waals surface area contributed by atoms with Crippen molar-refractivity contribution < 1.29 is 4.74 Å². The molecule has 12 heavy (non-hydrogen) atoms. The molecule has 0 saturated carbocycles. The van der Waals surface area contributed by atoms with Crippen LogP contribution in [0.4, 0.5) is 0 Å². The van der Waals surface area contributed by atoms with Crippen molar-refractivity contribution in [1.29, 1.82) is 0 Å². The Kier molecular flexibility index (Phi) is 3.15. The van der Waals surface area contributed by atoms with Crippen LogP contribution < -0.4 is 4.74 Å². The minimum absolute atomic E-state index is 0.574. The van der Waals surface area contributed by atoms with Gasteiger partial charge in [-0.25, -0.2) is 0 Å². The Hall–Kier alpha value is -0.980. The Bertz CT molecular complexity index is 241. The van der Waals surface area contributed by atoms with Crippen LogP contribution in [-0.2, 0) is 0 Å². The molecule has 0 unspecified atom stereocenters. The van der Waals surface area contributed by atoms with Crippen molar-refractivity contribution in [3.63, 3.8) is 0 Å². The first kappa shape index (κ1) is 9.11. The predicted octanol–water partition coefficient (Wildman–Crippen LogP) is 3.21. The molecule has 0 aromatic heterocycles. The number of benzene rings is 1. The molecule has 1 rings (SSSR count). The zero-order valence-corrected chi connectivity index (χ0v) is 8.00. The topological polar surface area (TPSA) is 9.23 Å². The average molecular weight is 164 g/mol. The van der Waals surface area contributed by atoms with Crippen molar-refractivity contribution in [1.82, 2.24) is 0 Å². The summed E-state index contributed by atoms with van der Waals surface area (Å²) < 4.78 is 5.40. The van der Waals surface area contributed by atoms with E-state index in [2.05, 4.69) is 26.0 Å².